The predicted octanol–water partition coefficient (Wildman–Crippen LogP) is 0.222. The van der Waals surface area contributed by atoms with Gasteiger partial charge in [-0.3, -0.25) is 4.79 Å². The molecule has 0 atom stereocenters. The zero-order valence-electron chi connectivity index (χ0n) is 9.97. The van der Waals surface area contributed by atoms with Crippen LogP contribution in [-0.2, 0) is 14.3 Å². The van der Waals surface area contributed by atoms with Gasteiger partial charge in [-0.25, -0.2) is 4.79 Å². The summed E-state index contributed by atoms with van der Waals surface area (Å²) in [5, 5.41) is 5.53. The summed E-state index contributed by atoms with van der Waals surface area (Å²) in [5.74, 6) is -0.512. The first kappa shape index (κ1) is 14.6. The lowest BCUT2D eigenvalue weighted by atomic mass is 10.3. The molecule has 0 spiro atoms. The van der Waals surface area contributed by atoms with Gasteiger partial charge in [0.05, 0.1) is 13.2 Å². The van der Waals surface area contributed by atoms with Gasteiger partial charge in [-0.05, 0) is 13.3 Å². The van der Waals surface area contributed by atoms with Crippen molar-refractivity contribution in [1.82, 2.24) is 10.6 Å². The Balaban J connectivity index is 3.61. The molecule has 0 saturated carbocycles. The predicted molar refractivity (Wildman–Crippen MR) is 61.9 cm³/mol. The molecule has 0 aromatic carbocycles. The van der Waals surface area contributed by atoms with Crippen LogP contribution in [0.15, 0.2) is 12.2 Å². The molecule has 0 radical (unpaired) electrons. The second kappa shape index (κ2) is 8.91. The van der Waals surface area contributed by atoms with Gasteiger partial charge in [0.25, 0.3) is 0 Å². The quantitative estimate of drug-likeness (QED) is 0.461. The van der Waals surface area contributed by atoms with Crippen LogP contribution in [0.2, 0.25) is 0 Å². The molecule has 0 bridgehead atoms. The minimum atomic E-state index is -0.427. The van der Waals surface area contributed by atoms with Crippen LogP contribution in [0.25, 0.3) is 0 Å². The van der Waals surface area contributed by atoms with Crippen molar-refractivity contribution in [3.8, 4) is 0 Å². The number of rotatable bonds is 8. The second-order valence-corrected chi connectivity index (χ2v) is 3.28. The summed E-state index contributed by atoms with van der Waals surface area (Å²) in [6, 6.07) is 0. The molecule has 5 nitrogen and oxygen atoms in total. The van der Waals surface area contributed by atoms with E-state index in [1.807, 2.05) is 6.92 Å². The van der Waals surface area contributed by atoms with Gasteiger partial charge < -0.3 is 15.4 Å². The number of carbonyl (C=O) groups is 2. The summed E-state index contributed by atoms with van der Waals surface area (Å²) >= 11 is 0. The van der Waals surface area contributed by atoms with Gasteiger partial charge in [0.2, 0.25) is 5.91 Å². The summed E-state index contributed by atoms with van der Waals surface area (Å²) in [6.07, 6.45) is 0.904. The molecule has 0 fully saturated rings. The van der Waals surface area contributed by atoms with Crippen molar-refractivity contribution in [2.45, 2.75) is 20.3 Å². The third-order valence-electron chi connectivity index (χ3n) is 1.76. The average molecular weight is 228 g/mol. The highest BCUT2D eigenvalue weighted by molar-refractivity contribution is 5.88. The van der Waals surface area contributed by atoms with Crippen LogP contribution in [0.5, 0.6) is 0 Å². The van der Waals surface area contributed by atoms with E-state index in [-0.39, 0.29) is 19.0 Å². The first-order valence-electron chi connectivity index (χ1n) is 5.44. The van der Waals surface area contributed by atoms with E-state index in [4.69, 9.17) is 4.74 Å². The summed E-state index contributed by atoms with van der Waals surface area (Å²) in [5.41, 5.74) is 0.324. The largest absolute Gasteiger partial charge is 0.463 e. The first-order chi connectivity index (χ1) is 7.61. The Kier molecular flexibility index (Phi) is 8.15. The molecule has 0 aliphatic heterocycles. The van der Waals surface area contributed by atoms with E-state index >= 15 is 0 Å². The number of carbonyl (C=O) groups excluding carboxylic acids is 2. The zero-order chi connectivity index (χ0) is 12.4. The number of ether oxygens (including phenoxy) is 1. The monoisotopic (exact) mass is 228 g/mol. The fraction of sp³-hybridized carbons (Fsp3) is 0.636. The standard InChI is InChI=1S/C11H20N2O3/c1-4-6-13-10(14)8-12-7-9(3)11(15)16-5-2/h12H,3-8H2,1-2H3,(H,13,14). The van der Waals surface area contributed by atoms with Crippen LogP contribution in [-0.4, -0.2) is 38.1 Å². The van der Waals surface area contributed by atoms with Gasteiger partial charge in [0, 0.05) is 18.7 Å². The van der Waals surface area contributed by atoms with Gasteiger partial charge in [-0.15, -0.1) is 0 Å². The van der Waals surface area contributed by atoms with Crippen LogP contribution in [0.3, 0.4) is 0 Å². The van der Waals surface area contributed by atoms with Crippen molar-refractivity contribution in [2.24, 2.45) is 0 Å². The van der Waals surface area contributed by atoms with Gasteiger partial charge in [0.1, 0.15) is 0 Å². The van der Waals surface area contributed by atoms with Crippen molar-refractivity contribution < 1.29 is 14.3 Å². The van der Waals surface area contributed by atoms with E-state index in [2.05, 4.69) is 17.2 Å². The molecule has 2 N–H and O–H groups in total. The lowest BCUT2D eigenvalue weighted by molar-refractivity contribution is -0.138. The summed E-state index contributed by atoms with van der Waals surface area (Å²) in [4.78, 5) is 22.3. The highest BCUT2D eigenvalue weighted by atomic mass is 16.5. The number of esters is 1. The molecule has 0 rings (SSSR count). The summed E-state index contributed by atoms with van der Waals surface area (Å²) in [6.45, 7) is 8.71. The molecule has 16 heavy (non-hydrogen) atoms. The van der Waals surface area contributed by atoms with Crippen LogP contribution >= 0.6 is 0 Å². The molecular weight excluding hydrogens is 208 g/mol. The second-order valence-electron chi connectivity index (χ2n) is 3.28. The molecule has 0 aliphatic carbocycles. The molecule has 5 heteroatoms. The topological polar surface area (TPSA) is 67.4 Å². The third-order valence-corrected chi connectivity index (χ3v) is 1.76. The van der Waals surface area contributed by atoms with Gasteiger partial charge in [-0.1, -0.05) is 13.5 Å². The van der Waals surface area contributed by atoms with Crippen LogP contribution in [0, 0.1) is 0 Å². The highest BCUT2D eigenvalue weighted by Gasteiger charge is 2.07. The van der Waals surface area contributed by atoms with E-state index in [1.165, 1.54) is 0 Å². The SMILES string of the molecule is C=C(CNCC(=O)NCCC)C(=O)OCC. The maximum Gasteiger partial charge on any atom is 0.334 e. The van der Waals surface area contributed by atoms with E-state index in [1.54, 1.807) is 6.92 Å². The summed E-state index contributed by atoms with van der Waals surface area (Å²) in [7, 11) is 0. The Hall–Kier alpha value is -1.36. The molecule has 0 saturated heterocycles. The van der Waals surface area contributed by atoms with Crippen molar-refractivity contribution >= 4 is 11.9 Å². The van der Waals surface area contributed by atoms with E-state index < -0.39 is 5.97 Å². The van der Waals surface area contributed by atoms with E-state index in [9.17, 15) is 9.59 Å². The molecule has 0 aliphatic rings. The Morgan fingerprint density at radius 1 is 1.25 bits per heavy atom. The Morgan fingerprint density at radius 2 is 1.94 bits per heavy atom. The minimum absolute atomic E-state index is 0.0847. The number of nitrogens with one attached hydrogen (secondary N) is 2. The Labute approximate surface area is 96.2 Å². The Bertz CT molecular complexity index is 252. The normalized spacial score (nSPS) is 9.62. The van der Waals surface area contributed by atoms with E-state index in [0.717, 1.165) is 6.42 Å². The lowest BCUT2D eigenvalue weighted by Crippen LogP contribution is -2.35. The number of hydrogen-bond donors (Lipinski definition) is 2. The van der Waals surface area contributed by atoms with Crippen LogP contribution in [0.1, 0.15) is 20.3 Å². The van der Waals surface area contributed by atoms with Crippen molar-refractivity contribution in [3.63, 3.8) is 0 Å². The zero-order valence-corrected chi connectivity index (χ0v) is 9.97. The van der Waals surface area contributed by atoms with Crippen molar-refractivity contribution in [1.29, 1.82) is 0 Å². The molecule has 1 amide bonds. The third kappa shape index (κ3) is 7.00. The molecule has 92 valence electrons. The number of amides is 1. The average Bonchev–Trinajstić information content (AvgIpc) is 2.26. The smallest absolute Gasteiger partial charge is 0.334 e. The molecule has 0 aromatic rings. The van der Waals surface area contributed by atoms with Gasteiger partial charge >= 0.3 is 5.97 Å². The fourth-order valence-electron chi connectivity index (χ4n) is 0.959. The van der Waals surface area contributed by atoms with E-state index in [0.29, 0.717) is 18.7 Å². The Morgan fingerprint density at radius 3 is 2.50 bits per heavy atom. The van der Waals surface area contributed by atoms with Gasteiger partial charge in [0.15, 0.2) is 0 Å². The van der Waals surface area contributed by atoms with Crippen LogP contribution < -0.4 is 10.6 Å². The maximum absolute atomic E-state index is 11.2. The highest BCUT2D eigenvalue weighted by Crippen LogP contribution is 1.92. The molecule has 0 heterocycles. The lowest BCUT2D eigenvalue weighted by Gasteiger charge is -2.07. The van der Waals surface area contributed by atoms with Crippen molar-refractivity contribution in [2.75, 3.05) is 26.2 Å². The fourth-order valence-corrected chi connectivity index (χ4v) is 0.959. The minimum Gasteiger partial charge on any atom is -0.463 e. The van der Waals surface area contributed by atoms with Gasteiger partial charge in [-0.2, -0.15) is 0 Å². The van der Waals surface area contributed by atoms with Crippen LogP contribution in [0.4, 0.5) is 0 Å². The molecular formula is C11H20N2O3. The molecule has 0 unspecified atom stereocenters. The summed E-state index contributed by atoms with van der Waals surface area (Å²) < 4.78 is 4.75. The maximum atomic E-state index is 11.2. The van der Waals surface area contributed by atoms with Crippen molar-refractivity contribution in [3.05, 3.63) is 12.2 Å². The molecule has 0 aromatic heterocycles. The number of hydrogen-bond acceptors (Lipinski definition) is 4. The first-order valence-corrected chi connectivity index (χ1v) is 5.44.